The molecule has 2 saturated heterocycles. The first kappa shape index (κ1) is 10.8. The van der Waals surface area contributed by atoms with E-state index >= 15 is 0 Å². The Morgan fingerprint density at radius 1 is 0.933 bits per heavy atom. The van der Waals surface area contributed by atoms with Gasteiger partial charge in [0.15, 0.2) is 6.19 Å². The Balaban J connectivity index is 1.78. The van der Waals surface area contributed by atoms with Crippen molar-refractivity contribution < 1.29 is 0 Å². The summed E-state index contributed by atoms with van der Waals surface area (Å²) in [5.41, 5.74) is 0. The van der Waals surface area contributed by atoms with Crippen LogP contribution in [0.1, 0.15) is 25.7 Å². The van der Waals surface area contributed by atoms with Crippen LogP contribution in [0.2, 0.25) is 0 Å². The highest BCUT2D eigenvalue weighted by molar-refractivity contribution is 4.85. The molecule has 0 aliphatic carbocycles. The van der Waals surface area contributed by atoms with Gasteiger partial charge in [-0.25, -0.2) is 0 Å². The molecule has 0 bridgehead atoms. The molecule has 2 heterocycles. The molecule has 3 nitrogen and oxygen atoms in total. The van der Waals surface area contributed by atoms with Crippen LogP contribution >= 0.6 is 0 Å². The molecule has 3 heteroatoms. The van der Waals surface area contributed by atoms with Crippen molar-refractivity contribution in [2.75, 3.05) is 33.2 Å². The molecule has 0 aromatic rings. The number of nitriles is 1. The van der Waals surface area contributed by atoms with Gasteiger partial charge in [0, 0.05) is 13.1 Å². The lowest BCUT2D eigenvalue weighted by Gasteiger charge is -2.38. The number of rotatable bonds is 1. The fourth-order valence-electron chi connectivity index (χ4n) is 2.97. The van der Waals surface area contributed by atoms with Crippen LogP contribution in [0.3, 0.4) is 0 Å². The summed E-state index contributed by atoms with van der Waals surface area (Å²) in [6, 6.07) is 0. The van der Waals surface area contributed by atoms with Crippen molar-refractivity contribution in [3.8, 4) is 6.19 Å². The second-order valence-corrected chi connectivity index (χ2v) is 5.07. The average Bonchev–Trinajstić information content (AvgIpc) is 2.30. The highest BCUT2D eigenvalue weighted by Crippen LogP contribution is 2.31. The van der Waals surface area contributed by atoms with E-state index in [1.165, 1.54) is 38.8 Å². The molecule has 2 aliphatic heterocycles. The first-order valence-corrected chi connectivity index (χ1v) is 6.13. The van der Waals surface area contributed by atoms with Crippen LogP contribution in [0.5, 0.6) is 0 Å². The quantitative estimate of drug-likeness (QED) is 0.611. The molecule has 2 rings (SSSR count). The Hall–Kier alpha value is -0.750. The average molecular weight is 207 g/mol. The first-order valence-electron chi connectivity index (χ1n) is 6.13. The Morgan fingerprint density at radius 3 is 1.87 bits per heavy atom. The predicted molar refractivity (Wildman–Crippen MR) is 60.1 cm³/mol. The molecule has 0 spiro atoms. The fourth-order valence-corrected chi connectivity index (χ4v) is 2.97. The monoisotopic (exact) mass is 207 g/mol. The number of hydrogen-bond donors (Lipinski definition) is 0. The molecule has 0 atom stereocenters. The van der Waals surface area contributed by atoms with Gasteiger partial charge >= 0.3 is 0 Å². The molecular formula is C12H21N3. The summed E-state index contributed by atoms with van der Waals surface area (Å²) in [6.45, 7) is 4.52. The van der Waals surface area contributed by atoms with Crippen LogP contribution in [0.25, 0.3) is 0 Å². The molecule has 15 heavy (non-hydrogen) atoms. The lowest BCUT2D eigenvalue weighted by Crippen LogP contribution is -2.38. The van der Waals surface area contributed by atoms with Gasteiger partial charge in [-0.05, 0) is 57.7 Å². The van der Waals surface area contributed by atoms with Crippen LogP contribution in [-0.4, -0.2) is 43.0 Å². The summed E-state index contributed by atoms with van der Waals surface area (Å²) in [5.74, 6) is 1.82. The van der Waals surface area contributed by atoms with Crippen molar-refractivity contribution in [2.45, 2.75) is 25.7 Å². The van der Waals surface area contributed by atoms with E-state index in [9.17, 15) is 0 Å². The van der Waals surface area contributed by atoms with Crippen LogP contribution < -0.4 is 0 Å². The van der Waals surface area contributed by atoms with E-state index in [-0.39, 0.29) is 0 Å². The Kier molecular flexibility index (Phi) is 3.48. The second kappa shape index (κ2) is 4.85. The minimum atomic E-state index is 0.892. The molecule has 0 aromatic heterocycles. The predicted octanol–water partition coefficient (Wildman–Crippen LogP) is 1.52. The smallest absolute Gasteiger partial charge is 0.179 e. The maximum atomic E-state index is 8.79. The van der Waals surface area contributed by atoms with E-state index in [0.29, 0.717) is 0 Å². The van der Waals surface area contributed by atoms with Crippen molar-refractivity contribution in [2.24, 2.45) is 11.8 Å². The van der Waals surface area contributed by atoms with Crippen LogP contribution in [0.15, 0.2) is 0 Å². The minimum absolute atomic E-state index is 0.892. The third kappa shape index (κ3) is 2.63. The molecule has 0 saturated carbocycles. The van der Waals surface area contributed by atoms with E-state index < -0.39 is 0 Å². The number of hydrogen-bond acceptors (Lipinski definition) is 3. The van der Waals surface area contributed by atoms with Gasteiger partial charge in [-0.15, -0.1) is 0 Å². The van der Waals surface area contributed by atoms with Crippen LogP contribution in [-0.2, 0) is 0 Å². The molecule has 0 N–H and O–H groups in total. The van der Waals surface area contributed by atoms with Gasteiger partial charge in [0.1, 0.15) is 0 Å². The molecule has 2 aliphatic rings. The zero-order chi connectivity index (χ0) is 10.7. The molecule has 0 unspecified atom stereocenters. The molecule has 84 valence electrons. The van der Waals surface area contributed by atoms with Crippen LogP contribution in [0.4, 0.5) is 0 Å². The standard InChI is InChI=1S/C12H21N3/c1-14-6-2-11(3-7-14)12-4-8-15(10-13)9-5-12/h11-12H,2-9H2,1H3. The summed E-state index contributed by atoms with van der Waals surface area (Å²) >= 11 is 0. The van der Waals surface area contributed by atoms with Gasteiger partial charge in [0.2, 0.25) is 0 Å². The SMILES string of the molecule is CN1CCC(C2CCN(C#N)CC2)CC1. The van der Waals surface area contributed by atoms with Gasteiger partial charge in [-0.3, -0.25) is 0 Å². The highest BCUT2D eigenvalue weighted by atomic mass is 15.1. The van der Waals surface area contributed by atoms with E-state index in [2.05, 4.69) is 18.1 Å². The fraction of sp³-hybridized carbons (Fsp3) is 0.917. The number of piperidine rings is 2. The van der Waals surface area contributed by atoms with Gasteiger partial charge < -0.3 is 9.80 Å². The van der Waals surface area contributed by atoms with Crippen molar-refractivity contribution in [1.29, 1.82) is 5.26 Å². The zero-order valence-corrected chi connectivity index (χ0v) is 9.65. The van der Waals surface area contributed by atoms with Gasteiger partial charge in [-0.1, -0.05) is 0 Å². The maximum Gasteiger partial charge on any atom is 0.179 e. The Morgan fingerprint density at radius 2 is 1.40 bits per heavy atom. The van der Waals surface area contributed by atoms with Gasteiger partial charge in [-0.2, -0.15) is 5.26 Å². The third-order valence-corrected chi connectivity index (χ3v) is 4.11. The normalized spacial score (nSPS) is 26.5. The van der Waals surface area contributed by atoms with Crippen molar-refractivity contribution >= 4 is 0 Å². The number of nitrogens with zero attached hydrogens (tertiary/aromatic N) is 3. The van der Waals surface area contributed by atoms with Gasteiger partial charge in [0.25, 0.3) is 0 Å². The van der Waals surface area contributed by atoms with E-state index in [4.69, 9.17) is 5.26 Å². The Bertz CT molecular complexity index is 230. The van der Waals surface area contributed by atoms with Gasteiger partial charge in [0.05, 0.1) is 0 Å². The van der Waals surface area contributed by atoms with E-state index in [0.717, 1.165) is 24.9 Å². The maximum absolute atomic E-state index is 8.79. The topological polar surface area (TPSA) is 30.3 Å². The summed E-state index contributed by atoms with van der Waals surface area (Å²) < 4.78 is 0. The molecule has 0 aromatic carbocycles. The highest BCUT2D eigenvalue weighted by Gasteiger charge is 2.28. The summed E-state index contributed by atoms with van der Waals surface area (Å²) in [7, 11) is 2.22. The Labute approximate surface area is 92.7 Å². The van der Waals surface area contributed by atoms with Crippen molar-refractivity contribution in [1.82, 2.24) is 9.80 Å². The van der Waals surface area contributed by atoms with Crippen LogP contribution in [0, 0.1) is 23.3 Å². The van der Waals surface area contributed by atoms with Crippen molar-refractivity contribution in [3.05, 3.63) is 0 Å². The minimum Gasteiger partial charge on any atom is -0.311 e. The van der Waals surface area contributed by atoms with E-state index in [1.807, 2.05) is 4.90 Å². The second-order valence-electron chi connectivity index (χ2n) is 5.07. The molecular weight excluding hydrogens is 186 g/mol. The zero-order valence-electron chi connectivity index (χ0n) is 9.65. The summed E-state index contributed by atoms with van der Waals surface area (Å²) in [6.07, 6.45) is 7.47. The lowest BCUT2D eigenvalue weighted by molar-refractivity contribution is 0.126. The molecule has 0 radical (unpaired) electrons. The largest absolute Gasteiger partial charge is 0.311 e. The van der Waals surface area contributed by atoms with E-state index in [1.54, 1.807) is 0 Å². The summed E-state index contributed by atoms with van der Waals surface area (Å²) in [5, 5.41) is 8.79. The molecule has 0 amide bonds. The number of likely N-dealkylation sites (tertiary alicyclic amines) is 2. The first-order chi connectivity index (χ1) is 7.29. The summed E-state index contributed by atoms with van der Waals surface area (Å²) in [4.78, 5) is 4.34. The third-order valence-electron chi connectivity index (χ3n) is 4.11. The van der Waals surface area contributed by atoms with Crippen molar-refractivity contribution in [3.63, 3.8) is 0 Å². The lowest BCUT2D eigenvalue weighted by atomic mass is 9.79. The molecule has 2 fully saturated rings.